The van der Waals surface area contributed by atoms with Gasteiger partial charge in [0.15, 0.2) is 0 Å². The first-order valence-electron chi connectivity index (χ1n) is 6.28. The average molecular weight is 315 g/mol. The lowest BCUT2D eigenvalue weighted by atomic mass is 10.1. The molecule has 1 aliphatic rings. The molecule has 0 radical (unpaired) electrons. The molecule has 0 N–H and O–H groups in total. The number of halogens is 2. The van der Waals surface area contributed by atoms with Crippen LogP contribution in [-0.4, -0.2) is 38.1 Å². The predicted octanol–water partition coefficient (Wildman–Crippen LogP) is 3.11. The molecule has 1 aromatic carbocycles. The summed E-state index contributed by atoms with van der Waals surface area (Å²) in [6, 6.07) is 5.64. The second-order valence-corrected chi connectivity index (χ2v) is 5.88. The Morgan fingerprint density at radius 3 is 2.67 bits per heavy atom. The molecular formula is C14H20BrFN2. The number of nitrogens with zero attached hydrogens (tertiary/aromatic N) is 2. The monoisotopic (exact) mass is 314 g/mol. The maximum atomic E-state index is 13.3. The Balaban J connectivity index is 2.23. The van der Waals surface area contributed by atoms with Crippen LogP contribution in [0.2, 0.25) is 0 Å². The smallest absolute Gasteiger partial charge is 0.123 e. The van der Waals surface area contributed by atoms with Crippen LogP contribution in [0.3, 0.4) is 0 Å². The van der Waals surface area contributed by atoms with Gasteiger partial charge < -0.3 is 9.80 Å². The third-order valence-electron chi connectivity index (χ3n) is 3.76. The highest BCUT2D eigenvalue weighted by Crippen LogP contribution is 2.30. The van der Waals surface area contributed by atoms with Gasteiger partial charge in [-0.3, -0.25) is 0 Å². The van der Waals surface area contributed by atoms with E-state index in [2.05, 4.69) is 46.7 Å². The van der Waals surface area contributed by atoms with Gasteiger partial charge in [0.25, 0.3) is 0 Å². The van der Waals surface area contributed by atoms with E-state index in [1.165, 1.54) is 0 Å². The second-order valence-electron chi connectivity index (χ2n) is 5.32. The van der Waals surface area contributed by atoms with Crippen molar-refractivity contribution in [2.24, 2.45) is 5.92 Å². The topological polar surface area (TPSA) is 6.48 Å². The zero-order valence-electron chi connectivity index (χ0n) is 11.2. The minimum atomic E-state index is -0.162. The maximum absolute atomic E-state index is 13.3. The first-order valence-corrected chi connectivity index (χ1v) is 7.41. The summed E-state index contributed by atoms with van der Waals surface area (Å²) < 4.78 is 13.3. The lowest BCUT2D eigenvalue weighted by Crippen LogP contribution is -2.34. The van der Waals surface area contributed by atoms with Crippen LogP contribution in [0.5, 0.6) is 0 Å². The molecule has 0 aromatic heterocycles. The first-order chi connectivity index (χ1) is 8.52. The quantitative estimate of drug-likeness (QED) is 0.791. The maximum Gasteiger partial charge on any atom is 0.123 e. The molecule has 0 spiro atoms. The molecule has 1 heterocycles. The Hall–Kier alpha value is -0.610. The van der Waals surface area contributed by atoms with Gasteiger partial charge in [-0.05, 0) is 43.8 Å². The zero-order valence-corrected chi connectivity index (χ0v) is 12.7. The molecule has 0 saturated carbocycles. The molecule has 1 saturated heterocycles. The van der Waals surface area contributed by atoms with Crippen LogP contribution in [0.15, 0.2) is 18.2 Å². The van der Waals surface area contributed by atoms with Gasteiger partial charge in [-0.25, -0.2) is 4.39 Å². The molecule has 0 aliphatic carbocycles. The van der Waals surface area contributed by atoms with Crippen LogP contribution in [0.25, 0.3) is 0 Å². The Kier molecular flexibility index (Phi) is 4.28. The van der Waals surface area contributed by atoms with E-state index >= 15 is 0 Å². The van der Waals surface area contributed by atoms with Crippen molar-refractivity contribution in [2.45, 2.75) is 18.3 Å². The Morgan fingerprint density at radius 1 is 1.39 bits per heavy atom. The molecule has 0 bridgehead atoms. The fourth-order valence-electron chi connectivity index (χ4n) is 2.79. The van der Waals surface area contributed by atoms with E-state index in [9.17, 15) is 4.39 Å². The normalized spacial score (nSPS) is 24.0. The number of benzene rings is 1. The number of hydrogen-bond donors (Lipinski definition) is 0. The summed E-state index contributed by atoms with van der Waals surface area (Å²) in [4.78, 5) is 4.65. The van der Waals surface area contributed by atoms with Crippen molar-refractivity contribution < 1.29 is 4.39 Å². The molecule has 2 atom stereocenters. The van der Waals surface area contributed by atoms with Crippen LogP contribution >= 0.6 is 15.9 Å². The third-order valence-corrected chi connectivity index (χ3v) is 4.37. The molecule has 2 rings (SSSR count). The van der Waals surface area contributed by atoms with Crippen molar-refractivity contribution in [3.05, 3.63) is 29.6 Å². The molecule has 0 amide bonds. The molecule has 4 heteroatoms. The lowest BCUT2D eigenvalue weighted by molar-refractivity contribution is 0.266. The molecule has 2 nitrogen and oxygen atoms in total. The van der Waals surface area contributed by atoms with E-state index in [0.29, 0.717) is 17.3 Å². The van der Waals surface area contributed by atoms with Crippen LogP contribution in [-0.2, 0) is 5.33 Å². The summed E-state index contributed by atoms with van der Waals surface area (Å²) >= 11 is 3.45. The van der Waals surface area contributed by atoms with Gasteiger partial charge >= 0.3 is 0 Å². The highest BCUT2D eigenvalue weighted by atomic mass is 79.9. The van der Waals surface area contributed by atoms with E-state index in [-0.39, 0.29) is 5.82 Å². The Labute approximate surface area is 117 Å². The lowest BCUT2D eigenvalue weighted by Gasteiger charge is -2.24. The predicted molar refractivity (Wildman–Crippen MR) is 77.9 cm³/mol. The van der Waals surface area contributed by atoms with Gasteiger partial charge in [0.2, 0.25) is 0 Å². The van der Waals surface area contributed by atoms with Gasteiger partial charge in [-0.15, -0.1) is 0 Å². The first kappa shape index (κ1) is 13.8. The zero-order chi connectivity index (χ0) is 13.3. The SMILES string of the molecule is CC1CN(c2ccc(F)cc2CBr)CC1N(C)C. The Bertz CT molecular complexity index is 422. The third kappa shape index (κ3) is 2.69. The van der Waals surface area contributed by atoms with Crippen molar-refractivity contribution >= 4 is 21.6 Å². The summed E-state index contributed by atoms with van der Waals surface area (Å²) in [5, 5.41) is 0.692. The molecule has 1 aromatic rings. The molecule has 1 fully saturated rings. The van der Waals surface area contributed by atoms with E-state index in [0.717, 1.165) is 24.3 Å². The number of likely N-dealkylation sites (N-methyl/N-ethyl adjacent to an activating group) is 1. The minimum absolute atomic E-state index is 0.162. The summed E-state index contributed by atoms with van der Waals surface area (Å²) in [7, 11) is 4.25. The van der Waals surface area contributed by atoms with Gasteiger partial charge in [-0.1, -0.05) is 22.9 Å². The molecule has 1 aliphatic heterocycles. The second kappa shape index (κ2) is 5.57. The summed E-state index contributed by atoms with van der Waals surface area (Å²) in [5.41, 5.74) is 2.19. The summed E-state index contributed by atoms with van der Waals surface area (Å²) in [6.07, 6.45) is 0. The van der Waals surface area contributed by atoms with Crippen LogP contribution in [0.4, 0.5) is 10.1 Å². The fraction of sp³-hybridized carbons (Fsp3) is 0.571. The van der Waals surface area contributed by atoms with Gasteiger partial charge in [0.1, 0.15) is 5.82 Å². The number of anilines is 1. The fourth-order valence-corrected chi connectivity index (χ4v) is 3.24. The van der Waals surface area contributed by atoms with E-state index < -0.39 is 0 Å². The number of hydrogen-bond acceptors (Lipinski definition) is 2. The largest absolute Gasteiger partial charge is 0.369 e. The van der Waals surface area contributed by atoms with Crippen molar-refractivity contribution in [3.63, 3.8) is 0 Å². The van der Waals surface area contributed by atoms with Crippen molar-refractivity contribution in [1.29, 1.82) is 0 Å². The van der Waals surface area contributed by atoms with Gasteiger partial charge in [-0.2, -0.15) is 0 Å². The standard InChI is InChI=1S/C14H20BrFN2/c1-10-8-18(9-14(10)17(2)3)13-5-4-12(16)6-11(13)7-15/h4-6,10,14H,7-9H2,1-3H3. The van der Waals surface area contributed by atoms with Crippen molar-refractivity contribution in [3.8, 4) is 0 Å². The minimum Gasteiger partial charge on any atom is -0.369 e. The van der Waals surface area contributed by atoms with Crippen LogP contribution < -0.4 is 4.90 Å². The van der Waals surface area contributed by atoms with Gasteiger partial charge in [0, 0.05) is 30.1 Å². The van der Waals surface area contributed by atoms with Crippen LogP contribution in [0, 0.1) is 11.7 Å². The highest BCUT2D eigenvalue weighted by Gasteiger charge is 2.31. The van der Waals surface area contributed by atoms with Crippen LogP contribution in [0.1, 0.15) is 12.5 Å². The molecular weight excluding hydrogens is 295 g/mol. The Morgan fingerprint density at radius 2 is 2.11 bits per heavy atom. The van der Waals surface area contributed by atoms with E-state index in [1.807, 2.05) is 6.07 Å². The number of alkyl halides is 1. The van der Waals surface area contributed by atoms with E-state index in [1.54, 1.807) is 12.1 Å². The van der Waals surface area contributed by atoms with Crippen molar-refractivity contribution in [1.82, 2.24) is 4.90 Å². The van der Waals surface area contributed by atoms with Crippen molar-refractivity contribution in [2.75, 3.05) is 32.1 Å². The summed E-state index contributed by atoms with van der Waals surface area (Å²) in [6.45, 7) is 4.33. The number of rotatable bonds is 3. The summed E-state index contributed by atoms with van der Waals surface area (Å²) in [5.74, 6) is 0.470. The van der Waals surface area contributed by atoms with E-state index in [4.69, 9.17) is 0 Å². The molecule has 18 heavy (non-hydrogen) atoms. The van der Waals surface area contributed by atoms with Gasteiger partial charge in [0.05, 0.1) is 0 Å². The molecule has 2 unspecified atom stereocenters. The highest BCUT2D eigenvalue weighted by molar-refractivity contribution is 9.08. The average Bonchev–Trinajstić information content (AvgIpc) is 2.71. The molecule has 100 valence electrons.